The zero-order valence-electron chi connectivity index (χ0n) is 11.9. The zero-order valence-corrected chi connectivity index (χ0v) is 13.6. The molecule has 2 unspecified atom stereocenters. The highest BCUT2D eigenvalue weighted by atomic mass is 32.2. The number of thioether (sulfide) groups is 1. The Balaban J connectivity index is 2.22. The fourth-order valence-corrected chi connectivity index (χ4v) is 4.73. The molecule has 0 radical (unpaired) electrons. The van der Waals surface area contributed by atoms with Crippen LogP contribution in [0.25, 0.3) is 0 Å². The van der Waals surface area contributed by atoms with Gasteiger partial charge in [0.1, 0.15) is 4.90 Å². The largest absolute Gasteiger partial charge is 0.380 e. The Hall–Kier alpha value is -0.720. The Labute approximate surface area is 125 Å². The number of benzene rings is 1. The molecule has 0 spiro atoms. The van der Waals surface area contributed by atoms with Gasteiger partial charge in [0.05, 0.1) is 5.69 Å². The lowest BCUT2D eigenvalue weighted by Gasteiger charge is -2.22. The highest BCUT2D eigenvalue weighted by Gasteiger charge is 2.28. The van der Waals surface area contributed by atoms with E-state index in [2.05, 4.69) is 17.0 Å². The summed E-state index contributed by atoms with van der Waals surface area (Å²) in [5.41, 5.74) is 0.704. The number of anilines is 1. The lowest BCUT2D eigenvalue weighted by atomic mass is 10.2. The first kappa shape index (κ1) is 15.7. The van der Waals surface area contributed by atoms with Crippen LogP contribution >= 0.6 is 11.8 Å². The van der Waals surface area contributed by atoms with Crippen LogP contribution in [0.4, 0.5) is 5.69 Å². The summed E-state index contributed by atoms with van der Waals surface area (Å²) in [6, 6.07) is 7.46. The van der Waals surface area contributed by atoms with Crippen molar-refractivity contribution in [1.29, 1.82) is 0 Å². The molecule has 4 nitrogen and oxygen atoms in total. The number of sulfonamides is 1. The summed E-state index contributed by atoms with van der Waals surface area (Å²) in [7, 11) is -1.98. The molecule has 1 fully saturated rings. The average molecular weight is 314 g/mol. The van der Waals surface area contributed by atoms with Gasteiger partial charge in [-0.15, -0.1) is 0 Å². The maximum absolute atomic E-state index is 12.0. The van der Waals surface area contributed by atoms with Crippen molar-refractivity contribution in [2.24, 2.45) is 0 Å². The van der Waals surface area contributed by atoms with E-state index in [1.807, 2.05) is 23.9 Å². The van der Waals surface area contributed by atoms with E-state index in [4.69, 9.17) is 0 Å². The van der Waals surface area contributed by atoms with Gasteiger partial charge in [-0.05, 0) is 37.8 Å². The molecule has 0 heterocycles. The van der Waals surface area contributed by atoms with Crippen LogP contribution < -0.4 is 10.0 Å². The monoisotopic (exact) mass is 314 g/mol. The van der Waals surface area contributed by atoms with Gasteiger partial charge in [0.15, 0.2) is 0 Å². The van der Waals surface area contributed by atoms with Gasteiger partial charge in [-0.2, -0.15) is 11.8 Å². The molecule has 2 atom stereocenters. The van der Waals surface area contributed by atoms with E-state index >= 15 is 0 Å². The predicted molar refractivity (Wildman–Crippen MR) is 85.9 cm³/mol. The number of para-hydroxylation sites is 1. The first-order valence-electron chi connectivity index (χ1n) is 6.99. The minimum absolute atomic E-state index is 0.328. The second-order valence-corrected chi connectivity index (χ2v) is 8.25. The summed E-state index contributed by atoms with van der Waals surface area (Å²) in [6.07, 6.45) is 3.51. The van der Waals surface area contributed by atoms with Crippen molar-refractivity contribution in [1.82, 2.24) is 4.72 Å². The summed E-state index contributed by atoms with van der Waals surface area (Å²) in [5, 5.41) is 4.02. The van der Waals surface area contributed by atoms with Crippen molar-refractivity contribution in [2.45, 2.75) is 42.4 Å². The highest BCUT2D eigenvalue weighted by molar-refractivity contribution is 7.99. The standard InChI is InChI=1S/C14H22N2O2S2/c1-3-19-13-9-6-8-11(13)16-12-7-4-5-10-14(12)20(17,18)15-2/h4-5,7,10-11,13,15-16H,3,6,8-9H2,1-2H3. The summed E-state index contributed by atoms with van der Waals surface area (Å²) < 4.78 is 26.5. The van der Waals surface area contributed by atoms with Crippen molar-refractivity contribution in [2.75, 3.05) is 18.1 Å². The molecule has 1 aliphatic carbocycles. The van der Waals surface area contributed by atoms with Crippen molar-refractivity contribution >= 4 is 27.5 Å². The van der Waals surface area contributed by atoms with Crippen molar-refractivity contribution in [3.05, 3.63) is 24.3 Å². The van der Waals surface area contributed by atoms with E-state index in [-0.39, 0.29) is 0 Å². The summed E-state index contributed by atoms with van der Waals surface area (Å²) >= 11 is 1.96. The Kier molecular flexibility index (Phi) is 5.35. The molecule has 1 aromatic rings. The summed E-state index contributed by atoms with van der Waals surface area (Å²) in [6.45, 7) is 2.17. The number of nitrogens with one attached hydrogen (secondary N) is 2. The van der Waals surface area contributed by atoms with Crippen molar-refractivity contribution in [3.8, 4) is 0 Å². The van der Waals surface area contributed by atoms with Crippen LogP contribution in [0.3, 0.4) is 0 Å². The van der Waals surface area contributed by atoms with Gasteiger partial charge < -0.3 is 5.32 Å². The van der Waals surface area contributed by atoms with Crippen LogP contribution in [0.2, 0.25) is 0 Å². The molecular formula is C14H22N2O2S2. The van der Waals surface area contributed by atoms with Gasteiger partial charge in [0.2, 0.25) is 10.0 Å². The van der Waals surface area contributed by atoms with E-state index in [1.54, 1.807) is 12.1 Å². The van der Waals surface area contributed by atoms with Crippen LogP contribution in [0.5, 0.6) is 0 Å². The fraction of sp³-hybridized carbons (Fsp3) is 0.571. The SMILES string of the molecule is CCSC1CCCC1Nc1ccccc1S(=O)(=O)NC. The van der Waals surface area contributed by atoms with E-state index in [1.165, 1.54) is 19.9 Å². The van der Waals surface area contributed by atoms with Crippen molar-refractivity contribution < 1.29 is 8.42 Å². The lowest BCUT2D eigenvalue weighted by molar-refractivity contribution is 0.588. The molecular weight excluding hydrogens is 292 g/mol. The van der Waals surface area contributed by atoms with Gasteiger partial charge in [0.25, 0.3) is 0 Å². The van der Waals surface area contributed by atoms with Crippen LogP contribution in [0, 0.1) is 0 Å². The van der Waals surface area contributed by atoms with Gasteiger partial charge in [-0.25, -0.2) is 13.1 Å². The van der Waals surface area contributed by atoms with E-state index < -0.39 is 10.0 Å². The highest BCUT2D eigenvalue weighted by Crippen LogP contribution is 2.33. The van der Waals surface area contributed by atoms with Crippen LogP contribution in [-0.4, -0.2) is 32.5 Å². The maximum Gasteiger partial charge on any atom is 0.242 e. The molecule has 20 heavy (non-hydrogen) atoms. The Morgan fingerprint density at radius 2 is 2.05 bits per heavy atom. The van der Waals surface area contributed by atoms with E-state index in [9.17, 15) is 8.42 Å². The zero-order chi connectivity index (χ0) is 14.6. The maximum atomic E-state index is 12.0. The molecule has 6 heteroatoms. The Morgan fingerprint density at radius 1 is 1.30 bits per heavy atom. The smallest absolute Gasteiger partial charge is 0.242 e. The third kappa shape index (κ3) is 3.48. The lowest BCUT2D eigenvalue weighted by Crippen LogP contribution is -2.28. The van der Waals surface area contributed by atoms with Gasteiger partial charge >= 0.3 is 0 Å². The molecule has 0 bridgehead atoms. The number of hydrogen-bond acceptors (Lipinski definition) is 4. The average Bonchev–Trinajstić information content (AvgIpc) is 2.87. The topological polar surface area (TPSA) is 58.2 Å². The normalized spacial score (nSPS) is 22.9. The van der Waals surface area contributed by atoms with Gasteiger partial charge in [-0.3, -0.25) is 0 Å². The fourth-order valence-electron chi connectivity index (χ4n) is 2.63. The molecule has 2 rings (SSSR count). The minimum Gasteiger partial charge on any atom is -0.380 e. The molecule has 1 aromatic carbocycles. The van der Waals surface area contributed by atoms with E-state index in [0.717, 1.165) is 12.2 Å². The van der Waals surface area contributed by atoms with Crippen molar-refractivity contribution in [3.63, 3.8) is 0 Å². The first-order chi connectivity index (χ1) is 9.58. The molecule has 112 valence electrons. The summed E-state index contributed by atoms with van der Waals surface area (Å²) in [5.74, 6) is 1.10. The number of rotatable bonds is 6. The Bertz CT molecular complexity index is 546. The molecule has 1 saturated carbocycles. The van der Waals surface area contributed by atoms with Crippen LogP contribution in [-0.2, 0) is 10.0 Å². The first-order valence-corrected chi connectivity index (χ1v) is 9.52. The molecule has 0 amide bonds. The van der Waals surface area contributed by atoms with Gasteiger partial charge in [-0.1, -0.05) is 25.5 Å². The van der Waals surface area contributed by atoms with Gasteiger partial charge in [0, 0.05) is 11.3 Å². The second-order valence-electron chi connectivity index (χ2n) is 4.88. The van der Waals surface area contributed by atoms with Crippen LogP contribution in [0.15, 0.2) is 29.2 Å². The second kappa shape index (κ2) is 6.83. The third-order valence-electron chi connectivity index (χ3n) is 3.62. The predicted octanol–water partition coefficient (Wildman–Crippen LogP) is 2.68. The molecule has 2 N–H and O–H groups in total. The quantitative estimate of drug-likeness (QED) is 0.847. The van der Waals surface area contributed by atoms with Crippen LogP contribution in [0.1, 0.15) is 26.2 Å². The third-order valence-corrected chi connectivity index (χ3v) is 6.42. The number of hydrogen-bond donors (Lipinski definition) is 2. The molecule has 0 saturated heterocycles. The van der Waals surface area contributed by atoms with E-state index in [0.29, 0.717) is 21.9 Å². The Morgan fingerprint density at radius 3 is 2.75 bits per heavy atom. The minimum atomic E-state index is -3.42. The molecule has 0 aliphatic heterocycles. The summed E-state index contributed by atoms with van der Waals surface area (Å²) in [4.78, 5) is 0.328. The molecule has 1 aliphatic rings. The molecule has 0 aromatic heterocycles.